The predicted octanol–water partition coefficient (Wildman–Crippen LogP) is 3.66. The maximum Gasteiger partial charge on any atom is 0.0408 e. The number of benzene rings is 1. The molecule has 1 nitrogen and oxygen atoms in total. The largest absolute Gasteiger partial charge is 0.314 e. The molecule has 0 radical (unpaired) electrons. The van der Waals surface area contributed by atoms with E-state index in [1.807, 2.05) is 12.1 Å². The van der Waals surface area contributed by atoms with E-state index in [4.69, 9.17) is 11.6 Å². The highest BCUT2D eigenvalue weighted by Crippen LogP contribution is 2.19. The minimum absolute atomic E-state index is 0.750. The van der Waals surface area contributed by atoms with Crippen molar-refractivity contribution in [2.75, 3.05) is 6.54 Å². The van der Waals surface area contributed by atoms with Gasteiger partial charge in [-0.1, -0.05) is 30.7 Å². The van der Waals surface area contributed by atoms with Crippen molar-refractivity contribution in [1.29, 1.82) is 0 Å². The molecule has 16 heavy (non-hydrogen) atoms. The number of hydrogen-bond donors (Lipinski definition) is 1. The quantitative estimate of drug-likeness (QED) is 0.796. The minimum atomic E-state index is 0.750. The van der Waals surface area contributed by atoms with Gasteiger partial charge in [-0.15, -0.1) is 0 Å². The maximum absolute atomic E-state index is 5.96. The molecule has 0 aromatic heterocycles. The Kier molecular flexibility index (Phi) is 4.25. The van der Waals surface area contributed by atoms with Gasteiger partial charge >= 0.3 is 0 Å². The van der Waals surface area contributed by atoms with E-state index in [9.17, 15) is 0 Å². The molecule has 0 saturated heterocycles. The molecule has 0 aliphatic heterocycles. The average Bonchev–Trinajstić information content (AvgIpc) is 3.07. The topological polar surface area (TPSA) is 12.0 Å². The Hall–Kier alpha value is -0.530. The van der Waals surface area contributed by atoms with Gasteiger partial charge in [-0.2, -0.15) is 0 Å². The standard InChI is InChI=1S/C14H20ClN/c1-11(10-16-14-7-8-14)5-6-12-3-2-4-13(15)9-12/h2-4,9,11,14,16H,5-8,10H2,1H3. The van der Waals surface area contributed by atoms with Crippen molar-refractivity contribution in [3.05, 3.63) is 34.9 Å². The summed E-state index contributed by atoms with van der Waals surface area (Å²) in [4.78, 5) is 0. The summed E-state index contributed by atoms with van der Waals surface area (Å²) >= 11 is 5.96. The van der Waals surface area contributed by atoms with Gasteiger partial charge in [0.25, 0.3) is 0 Å². The third kappa shape index (κ3) is 4.15. The number of halogens is 1. The lowest BCUT2D eigenvalue weighted by atomic mass is 10.0. The fourth-order valence-corrected chi connectivity index (χ4v) is 2.08. The molecular formula is C14H20ClN. The molecule has 0 amide bonds. The molecule has 1 atom stereocenters. The normalized spacial score (nSPS) is 17.4. The first-order valence-corrected chi connectivity index (χ1v) is 6.59. The van der Waals surface area contributed by atoms with Crippen LogP contribution in [0.5, 0.6) is 0 Å². The van der Waals surface area contributed by atoms with Crippen LogP contribution in [-0.4, -0.2) is 12.6 Å². The Bertz CT molecular complexity index is 333. The molecule has 0 spiro atoms. The zero-order chi connectivity index (χ0) is 11.4. The second-order valence-corrected chi connectivity index (χ2v) is 5.39. The Morgan fingerprint density at radius 1 is 1.44 bits per heavy atom. The number of aryl methyl sites for hydroxylation is 1. The van der Waals surface area contributed by atoms with E-state index in [2.05, 4.69) is 24.4 Å². The van der Waals surface area contributed by atoms with Crippen LogP contribution < -0.4 is 5.32 Å². The van der Waals surface area contributed by atoms with Crippen molar-refractivity contribution >= 4 is 11.6 Å². The molecule has 1 aromatic rings. The molecule has 0 heterocycles. The molecule has 88 valence electrons. The van der Waals surface area contributed by atoms with E-state index in [0.717, 1.165) is 29.9 Å². The highest BCUT2D eigenvalue weighted by molar-refractivity contribution is 6.30. The van der Waals surface area contributed by atoms with E-state index < -0.39 is 0 Å². The summed E-state index contributed by atoms with van der Waals surface area (Å²) in [5, 5.41) is 4.43. The zero-order valence-corrected chi connectivity index (χ0v) is 10.6. The summed E-state index contributed by atoms with van der Waals surface area (Å²) in [7, 11) is 0. The number of nitrogens with one attached hydrogen (secondary N) is 1. The van der Waals surface area contributed by atoms with Gasteiger partial charge in [-0.05, 0) is 55.8 Å². The van der Waals surface area contributed by atoms with Gasteiger partial charge in [0, 0.05) is 11.1 Å². The molecular weight excluding hydrogens is 218 g/mol. The van der Waals surface area contributed by atoms with Crippen LogP contribution in [0.1, 0.15) is 31.7 Å². The molecule has 1 saturated carbocycles. The maximum atomic E-state index is 5.96. The summed E-state index contributed by atoms with van der Waals surface area (Å²) in [6, 6.07) is 9.03. The van der Waals surface area contributed by atoms with Crippen LogP contribution >= 0.6 is 11.6 Å². The molecule has 2 heteroatoms. The van der Waals surface area contributed by atoms with Crippen LogP contribution in [-0.2, 0) is 6.42 Å². The lowest BCUT2D eigenvalue weighted by Crippen LogP contribution is -2.23. The summed E-state index contributed by atoms with van der Waals surface area (Å²) in [5.41, 5.74) is 1.35. The van der Waals surface area contributed by atoms with Gasteiger partial charge in [0.2, 0.25) is 0 Å². The first-order valence-electron chi connectivity index (χ1n) is 6.22. The number of rotatable bonds is 6. The van der Waals surface area contributed by atoms with Crippen LogP contribution in [0.25, 0.3) is 0 Å². The molecule has 1 unspecified atom stereocenters. The summed E-state index contributed by atoms with van der Waals surface area (Å²) in [5.74, 6) is 0.750. The smallest absolute Gasteiger partial charge is 0.0408 e. The molecule has 1 aliphatic rings. The molecule has 1 N–H and O–H groups in total. The summed E-state index contributed by atoms with van der Waals surface area (Å²) in [6.45, 7) is 3.48. The van der Waals surface area contributed by atoms with Crippen molar-refractivity contribution in [1.82, 2.24) is 5.32 Å². The predicted molar refractivity (Wildman–Crippen MR) is 70.0 cm³/mol. The van der Waals surface area contributed by atoms with Crippen LogP contribution in [0, 0.1) is 5.92 Å². The van der Waals surface area contributed by atoms with Crippen molar-refractivity contribution < 1.29 is 0 Å². The van der Waals surface area contributed by atoms with Crippen molar-refractivity contribution in [2.45, 2.75) is 38.6 Å². The summed E-state index contributed by atoms with van der Waals surface area (Å²) < 4.78 is 0. The van der Waals surface area contributed by atoms with Gasteiger partial charge < -0.3 is 5.32 Å². The molecule has 0 bridgehead atoms. The Balaban J connectivity index is 1.69. The SMILES string of the molecule is CC(CCc1cccc(Cl)c1)CNC1CC1. The Morgan fingerprint density at radius 3 is 2.94 bits per heavy atom. The molecule has 1 aromatic carbocycles. The van der Waals surface area contributed by atoms with Crippen molar-refractivity contribution in [3.8, 4) is 0 Å². The minimum Gasteiger partial charge on any atom is -0.314 e. The summed E-state index contributed by atoms with van der Waals surface area (Å²) in [6.07, 6.45) is 5.12. The third-order valence-corrected chi connectivity index (χ3v) is 3.38. The van der Waals surface area contributed by atoms with E-state index in [1.165, 1.54) is 24.8 Å². The van der Waals surface area contributed by atoms with Gasteiger partial charge in [0.05, 0.1) is 0 Å². The third-order valence-electron chi connectivity index (χ3n) is 3.15. The zero-order valence-electron chi connectivity index (χ0n) is 9.88. The van der Waals surface area contributed by atoms with Crippen LogP contribution in [0.3, 0.4) is 0 Å². The fraction of sp³-hybridized carbons (Fsp3) is 0.571. The monoisotopic (exact) mass is 237 g/mol. The first-order chi connectivity index (χ1) is 7.74. The lowest BCUT2D eigenvalue weighted by molar-refractivity contribution is 0.480. The van der Waals surface area contributed by atoms with Crippen LogP contribution in [0.15, 0.2) is 24.3 Å². The van der Waals surface area contributed by atoms with E-state index >= 15 is 0 Å². The molecule has 1 aliphatic carbocycles. The van der Waals surface area contributed by atoms with E-state index in [0.29, 0.717) is 0 Å². The van der Waals surface area contributed by atoms with Crippen molar-refractivity contribution in [2.24, 2.45) is 5.92 Å². The molecule has 2 rings (SSSR count). The van der Waals surface area contributed by atoms with Crippen molar-refractivity contribution in [3.63, 3.8) is 0 Å². The van der Waals surface area contributed by atoms with Gasteiger partial charge in [0.1, 0.15) is 0 Å². The van der Waals surface area contributed by atoms with Crippen LogP contribution in [0.2, 0.25) is 5.02 Å². The van der Waals surface area contributed by atoms with Gasteiger partial charge in [-0.3, -0.25) is 0 Å². The Morgan fingerprint density at radius 2 is 2.25 bits per heavy atom. The second kappa shape index (κ2) is 5.70. The number of hydrogen-bond acceptors (Lipinski definition) is 1. The van der Waals surface area contributed by atoms with Gasteiger partial charge in [0.15, 0.2) is 0 Å². The Labute approximate surface area is 103 Å². The van der Waals surface area contributed by atoms with E-state index in [-0.39, 0.29) is 0 Å². The fourth-order valence-electron chi connectivity index (χ4n) is 1.86. The second-order valence-electron chi connectivity index (χ2n) is 4.96. The van der Waals surface area contributed by atoms with E-state index in [1.54, 1.807) is 0 Å². The van der Waals surface area contributed by atoms with Crippen LogP contribution in [0.4, 0.5) is 0 Å². The lowest BCUT2D eigenvalue weighted by Gasteiger charge is -2.12. The highest BCUT2D eigenvalue weighted by atomic mass is 35.5. The average molecular weight is 238 g/mol. The first kappa shape index (κ1) is 11.9. The van der Waals surface area contributed by atoms with Gasteiger partial charge in [-0.25, -0.2) is 0 Å². The molecule has 1 fully saturated rings. The highest BCUT2D eigenvalue weighted by Gasteiger charge is 2.20.